The zero-order valence-electron chi connectivity index (χ0n) is 9.63. The highest BCUT2D eigenvalue weighted by Gasteiger charge is 2.24. The van der Waals surface area contributed by atoms with Gasteiger partial charge in [0, 0.05) is 37.9 Å². The van der Waals surface area contributed by atoms with Crippen LogP contribution in [0.15, 0.2) is 24.4 Å². The number of pyridine rings is 1. The molecule has 0 spiro atoms. The van der Waals surface area contributed by atoms with Crippen LogP contribution in [0.25, 0.3) is 0 Å². The van der Waals surface area contributed by atoms with Crippen molar-refractivity contribution in [3.63, 3.8) is 0 Å². The molecule has 0 aromatic carbocycles. The summed E-state index contributed by atoms with van der Waals surface area (Å²) in [5.74, 6) is 0. The number of aliphatic hydroxyl groups is 1. The van der Waals surface area contributed by atoms with Gasteiger partial charge in [-0.15, -0.1) is 0 Å². The van der Waals surface area contributed by atoms with E-state index in [2.05, 4.69) is 22.1 Å². The van der Waals surface area contributed by atoms with E-state index in [9.17, 15) is 0 Å². The van der Waals surface area contributed by atoms with E-state index in [1.165, 1.54) is 0 Å². The largest absolute Gasteiger partial charge is 0.395 e. The Morgan fingerprint density at radius 1 is 1.56 bits per heavy atom. The van der Waals surface area contributed by atoms with E-state index in [1.54, 1.807) is 0 Å². The summed E-state index contributed by atoms with van der Waals surface area (Å²) in [6.07, 6.45) is 1.83. The lowest BCUT2D eigenvalue weighted by atomic mass is 10.1. The lowest BCUT2D eigenvalue weighted by Gasteiger charge is -2.37. The number of rotatable bonds is 3. The molecule has 0 saturated carbocycles. The van der Waals surface area contributed by atoms with E-state index in [-0.39, 0.29) is 12.6 Å². The van der Waals surface area contributed by atoms with E-state index < -0.39 is 0 Å². The van der Waals surface area contributed by atoms with Crippen molar-refractivity contribution in [1.29, 1.82) is 0 Å². The molecule has 2 unspecified atom stereocenters. The molecular weight excluding hydrogens is 202 g/mol. The third-order valence-electron chi connectivity index (χ3n) is 3.09. The SMILES string of the molecule is CC1CNC(CO)CN1Cc1ccccn1. The maximum Gasteiger partial charge on any atom is 0.0597 e. The van der Waals surface area contributed by atoms with Crippen molar-refractivity contribution in [1.82, 2.24) is 15.2 Å². The minimum atomic E-state index is 0.194. The van der Waals surface area contributed by atoms with Gasteiger partial charge >= 0.3 is 0 Å². The van der Waals surface area contributed by atoms with Gasteiger partial charge in [0.15, 0.2) is 0 Å². The molecule has 4 nitrogen and oxygen atoms in total. The second-order valence-corrected chi connectivity index (χ2v) is 4.39. The Kier molecular flexibility index (Phi) is 3.88. The summed E-state index contributed by atoms with van der Waals surface area (Å²) in [5, 5.41) is 12.5. The summed E-state index contributed by atoms with van der Waals surface area (Å²) in [6, 6.07) is 6.67. The zero-order chi connectivity index (χ0) is 11.4. The molecule has 88 valence electrons. The average Bonchev–Trinajstić information content (AvgIpc) is 2.33. The first-order valence-electron chi connectivity index (χ1n) is 5.78. The van der Waals surface area contributed by atoms with Crippen LogP contribution >= 0.6 is 0 Å². The van der Waals surface area contributed by atoms with Gasteiger partial charge in [0.1, 0.15) is 0 Å². The predicted molar refractivity (Wildman–Crippen MR) is 63.0 cm³/mol. The third-order valence-corrected chi connectivity index (χ3v) is 3.09. The highest BCUT2D eigenvalue weighted by atomic mass is 16.3. The second kappa shape index (κ2) is 5.39. The summed E-state index contributed by atoms with van der Waals surface area (Å²) < 4.78 is 0. The molecule has 4 heteroatoms. The molecule has 1 aliphatic heterocycles. The number of hydrogen-bond acceptors (Lipinski definition) is 4. The molecule has 0 radical (unpaired) electrons. The van der Waals surface area contributed by atoms with Gasteiger partial charge in [0.2, 0.25) is 0 Å². The Hall–Kier alpha value is -0.970. The van der Waals surface area contributed by atoms with E-state index in [4.69, 9.17) is 5.11 Å². The highest BCUT2D eigenvalue weighted by Crippen LogP contribution is 2.10. The van der Waals surface area contributed by atoms with E-state index >= 15 is 0 Å². The van der Waals surface area contributed by atoms with Crippen LogP contribution in [-0.2, 0) is 6.54 Å². The first-order chi connectivity index (χ1) is 7.79. The standard InChI is InChI=1S/C12H19N3O/c1-10-6-14-12(9-16)8-15(10)7-11-4-2-3-5-13-11/h2-5,10,12,14,16H,6-9H2,1H3. The molecule has 0 bridgehead atoms. The molecule has 1 aromatic heterocycles. The normalized spacial score (nSPS) is 26.9. The van der Waals surface area contributed by atoms with Gasteiger partial charge < -0.3 is 10.4 Å². The molecule has 2 rings (SSSR count). The summed E-state index contributed by atoms with van der Waals surface area (Å²) in [5.41, 5.74) is 1.09. The lowest BCUT2D eigenvalue weighted by molar-refractivity contribution is 0.102. The van der Waals surface area contributed by atoms with Crippen molar-refractivity contribution in [3.05, 3.63) is 30.1 Å². The van der Waals surface area contributed by atoms with Gasteiger partial charge in [0.25, 0.3) is 0 Å². The number of nitrogens with zero attached hydrogens (tertiary/aromatic N) is 2. The van der Waals surface area contributed by atoms with Crippen molar-refractivity contribution in [2.24, 2.45) is 0 Å². The van der Waals surface area contributed by atoms with Gasteiger partial charge in [-0.05, 0) is 19.1 Å². The summed E-state index contributed by atoms with van der Waals surface area (Å²) in [6.45, 7) is 5.07. The fourth-order valence-electron chi connectivity index (χ4n) is 2.04. The van der Waals surface area contributed by atoms with Crippen LogP contribution in [0.2, 0.25) is 0 Å². The molecule has 16 heavy (non-hydrogen) atoms. The Labute approximate surface area is 96.3 Å². The van der Waals surface area contributed by atoms with Crippen LogP contribution in [0.5, 0.6) is 0 Å². The van der Waals surface area contributed by atoms with Crippen LogP contribution in [0.3, 0.4) is 0 Å². The van der Waals surface area contributed by atoms with Crippen molar-refractivity contribution < 1.29 is 5.11 Å². The van der Waals surface area contributed by atoms with Crippen molar-refractivity contribution in [2.45, 2.75) is 25.6 Å². The predicted octanol–water partition coefficient (Wildman–Crippen LogP) is 0.236. The van der Waals surface area contributed by atoms with Gasteiger partial charge in [-0.1, -0.05) is 6.07 Å². The first kappa shape index (κ1) is 11.5. The van der Waals surface area contributed by atoms with Gasteiger partial charge in [-0.2, -0.15) is 0 Å². The van der Waals surface area contributed by atoms with Crippen molar-refractivity contribution in [3.8, 4) is 0 Å². The van der Waals surface area contributed by atoms with Crippen LogP contribution in [-0.4, -0.2) is 46.8 Å². The number of aliphatic hydroxyl groups excluding tert-OH is 1. The monoisotopic (exact) mass is 221 g/mol. The zero-order valence-corrected chi connectivity index (χ0v) is 9.63. The first-order valence-corrected chi connectivity index (χ1v) is 5.78. The minimum absolute atomic E-state index is 0.194. The van der Waals surface area contributed by atoms with E-state index in [0.717, 1.165) is 25.3 Å². The molecule has 2 atom stereocenters. The molecule has 1 aliphatic rings. The Morgan fingerprint density at radius 2 is 2.44 bits per heavy atom. The molecule has 1 saturated heterocycles. The van der Waals surface area contributed by atoms with Crippen LogP contribution in [0.1, 0.15) is 12.6 Å². The summed E-state index contributed by atoms with van der Waals surface area (Å²) >= 11 is 0. The molecule has 2 N–H and O–H groups in total. The number of piperazine rings is 1. The van der Waals surface area contributed by atoms with Crippen LogP contribution < -0.4 is 5.32 Å². The van der Waals surface area contributed by atoms with E-state index in [0.29, 0.717) is 6.04 Å². The van der Waals surface area contributed by atoms with Crippen molar-refractivity contribution >= 4 is 0 Å². The topological polar surface area (TPSA) is 48.4 Å². The second-order valence-electron chi connectivity index (χ2n) is 4.39. The third kappa shape index (κ3) is 2.78. The van der Waals surface area contributed by atoms with Gasteiger partial charge in [-0.3, -0.25) is 9.88 Å². The Bertz CT molecular complexity index is 317. The fraction of sp³-hybridized carbons (Fsp3) is 0.583. The van der Waals surface area contributed by atoms with Gasteiger partial charge in [-0.25, -0.2) is 0 Å². The highest BCUT2D eigenvalue weighted by molar-refractivity contribution is 5.04. The number of aromatic nitrogens is 1. The number of nitrogens with one attached hydrogen (secondary N) is 1. The molecule has 0 amide bonds. The van der Waals surface area contributed by atoms with Crippen LogP contribution in [0, 0.1) is 0 Å². The Morgan fingerprint density at radius 3 is 3.12 bits per heavy atom. The Balaban J connectivity index is 1.97. The van der Waals surface area contributed by atoms with Crippen molar-refractivity contribution in [2.75, 3.05) is 19.7 Å². The maximum absolute atomic E-state index is 9.16. The molecule has 2 heterocycles. The molecule has 1 aromatic rings. The fourth-order valence-corrected chi connectivity index (χ4v) is 2.04. The molecule has 0 aliphatic carbocycles. The maximum atomic E-state index is 9.16. The minimum Gasteiger partial charge on any atom is -0.395 e. The molecular formula is C12H19N3O. The molecule has 1 fully saturated rings. The smallest absolute Gasteiger partial charge is 0.0597 e. The quantitative estimate of drug-likeness (QED) is 0.767. The van der Waals surface area contributed by atoms with E-state index in [1.807, 2.05) is 24.4 Å². The van der Waals surface area contributed by atoms with Gasteiger partial charge in [0.05, 0.1) is 12.3 Å². The summed E-state index contributed by atoms with van der Waals surface area (Å²) in [4.78, 5) is 6.69. The lowest BCUT2D eigenvalue weighted by Crippen LogP contribution is -2.56. The summed E-state index contributed by atoms with van der Waals surface area (Å²) in [7, 11) is 0. The van der Waals surface area contributed by atoms with Crippen LogP contribution in [0.4, 0.5) is 0 Å². The average molecular weight is 221 g/mol. The number of hydrogen-bond donors (Lipinski definition) is 2.